The zero-order chi connectivity index (χ0) is 14.4. The molecule has 2 aromatic rings. The van der Waals surface area contributed by atoms with E-state index in [1.807, 2.05) is 37.5 Å². The third-order valence-electron chi connectivity index (χ3n) is 3.35. The highest BCUT2D eigenvalue weighted by atomic mass is 79.9. The molecule has 106 valence electrons. The molecule has 2 rings (SSSR count). The van der Waals surface area contributed by atoms with E-state index >= 15 is 0 Å². The van der Waals surface area contributed by atoms with E-state index in [9.17, 15) is 0 Å². The minimum absolute atomic E-state index is 0.243. The predicted molar refractivity (Wildman–Crippen MR) is 85.1 cm³/mol. The van der Waals surface area contributed by atoms with Crippen molar-refractivity contribution in [3.8, 4) is 5.75 Å². The topological polar surface area (TPSA) is 34.1 Å². The van der Waals surface area contributed by atoms with Crippen LogP contribution in [0.2, 0.25) is 0 Å². The summed E-state index contributed by atoms with van der Waals surface area (Å²) < 4.78 is 6.22. The number of rotatable bonds is 6. The SMILES string of the molecule is CNC(CCc1ccc(OC)cc1)c1ncccc1Br. The number of ether oxygens (including phenoxy) is 1. The summed E-state index contributed by atoms with van der Waals surface area (Å²) in [5.74, 6) is 0.895. The first-order chi connectivity index (χ1) is 9.74. The predicted octanol–water partition coefficient (Wildman–Crippen LogP) is 3.75. The number of hydrogen-bond donors (Lipinski definition) is 1. The molecule has 20 heavy (non-hydrogen) atoms. The highest BCUT2D eigenvalue weighted by Gasteiger charge is 2.13. The lowest BCUT2D eigenvalue weighted by molar-refractivity contribution is 0.414. The first-order valence-corrected chi connectivity index (χ1v) is 7.44. The van der Waals surface area contributed by atoms with Crippen molar-refractivity contribution < 1.29 is 4.74 Å². The zero-order valence-electron chi connectivity index (χ0n) is 11.8. The molecule has 0 saturated heterocycles. The van der Waals surface area contributed by atoms with Gasteiger partial charge >= 0.3 is 0 Å². The number of aromatic nitrogens is 1. The van der Waals surface area contributed by atoms with Crippen LogP contribution in [0.4, 0.5) is 0 Å². The van der Waals surface area contributed by atoms with Crippen LogP contribution in [0, 0.1) is 0 Å². The van der Waals surface area contributed by atoms with Gasteiger partial charge in [0, 0.05) is 10.7 Å². The molecular formula is C16H19BrN2O. The molecule has 0 aliphatic heterocycles. The van der Waals surface area contributed by atoms with Crippen LogP contribution in [0.15, 0.2) is 47.1 Å². The number of aryl methyl sites for hydroxylation is 1. The van der Waals surface area contributed by atoms with Gasteiger partial charge in [-0.25, -0.2) is 0 Å². The average molecular weight is 335 g/mol. The van der Waals surface area contributed by atoms with E-state index in [-0.39, 0.29) is 6.04 Å². The zero-order valence-corrected chi connectivity index (χ0v) is 13.4. The number of nitrogens with zero attached hydrogens (tertiary/aromatic N) is 1. The molecular weight excluding hydrogens is 316 g/mol. The number of nitrogens with one attached hydrogen (secondary N) is 1. The van der Waals surface area contributed by atoms with Crippen LogP contribution in [0.5, 0.6) is 5.75 Å². The Morgan fingerprint density at radius 1 is 1.25 bits per heavy atom. The van der Waals surface area contributed by atoms with Gasteiger partial charge in [-0.2, -0.15) is 0 Å². The number of pyridine rings is 1. The van der Waals surface area contributed by atoms with Gasteiger partial charge in [-0.1, -0.05) is 12.1 Å². The molecule has 0 aliphatic rings. The highest BCUT2D eigenvalue weighted by molar-refractivity contribution is 9.10. The van der Waals surface area contributed by atoms with Crippen molar-refractivity contribution in [3.63, 3.8) is 0 Å². The van der Waals surface area contributed by atoms with Gasteiger partial charge in [-0.05, 0) is 65.6 Å². The minimum atomic E-state index is 0.243. The molecule has 0 fully saturated rings. The van der Waals surface area contributed by atoms with E-state index in [4.69, 9.17) is 4.74 Å². The van der Waals surface area contributed by atoms with Gasteiger partial charge < -0.3 is 10.1 Å². The lowest BCUT2D eigenvalue weighted by Gasteiger charge is -2.17. The first kappa shape index (κ1) is 15.0. The van der Waals surface area contributed by atoms with E-state index in [0.717, 1.165) is 28.8 Å². The van der Waals surface area contributed by atoms with Crippen LogP contribution >= 0.6 is 15.9 Å². The molecule has 0 amide bonds. The molecule has 1 aromatic carbocycles. The van der Waals surface area contributed by atoms with E-state index in [1.165, 1.54) is 5.56 Å². The molecule has 0 aliphatic carbocycles. The minimum Gasteiger partial charge on any atom is -0.497 e. The summed E-state index contributed by atoms with van der Waals surface area (Å²) >= 11 is 3.56. The lowest BCUT2D eigenvalue weighted by Crippen LogP contribution is -2.18. The average Bonchev–Trinajstić information content (AvgIpc) is 2.50. The Morgan fingerprint density at radius 2 is 2.00 bits per heavy atom. The Kier molecular flexibility index (Phi) is 5.56. The molecule has 1 N–H and O–H groups in total. The maximum absolute atomic E-state index is 5.17. The van der Waals surface area contributed by atoms with Crippen LogP contribution in [0.3, 0.4) is 0 Å². The summed E-state index contributed by atoms with van der Waals surface area (Å²) in [6, 6.07) is 12.4. The van der Waals surface area contributed by atoms with E-state index < -0.39 is 0 Å². The van der Waals surface area contributed by atoms with E-state index in [0.29, 0.717) is 0 Å². The van der Waals surface area contributed by atoms with E-state index in [2.05, 4.69) is 38.4 Å². The fraction of sp³-hybridized carbons (Fsp3) is 0.312. The van der Waals surface area contributed by atoms with Crippen LogP contribution in [0.1, 0.15) is 23.7 Å². The lowest BCUT2D eigenvalue weighted by atomic mass is 10.0. The molecule has 4 heteroatoms. The molecule has 1 heterocycles. The summed E-state index contributed by atoms with van der Waals surface area (Å²) in [4.78, 5) is 4.46. The van der Waals surface area contributed by atoms with Gasteiger partial charge in [0.2, 0.25) is 0 Å². The first-order valence-electron chi connectivity index (χ1n) is 6.65. The van der Waals surface area contributed by atoms with Gasteiger partial charge in [0.15, 0.2) is 0 Å². The second kappa shape index (κ2) is 7.41. The fourth-order valence-corrected chi connectivity index (χ4v) is 2.71. The monoisotopic (exact) mass is 334 g/mol. The van der Waals surface area contributed by atoms with Crippen molar-refractivity contribution in [3.05, 3.63) is 58.3 Å². The second-order valence-electron chi connectivity index (χ2n) is 4.60. The number of methoxy groups -OCH3 is 1. The summed E-state index contributed by atoms with van der Waals surface area (Å²) in [6.45, 7) is 0. The van der Waals surface area contributed by atoms with Crippen molar-refractivity contribution in [1.29, 1.82) is 0 Å². The normalized spacial score (nSPS) is 12.2. The Bertz CT molecular complexity index is 542. The number of hydrogen-bond acceptors (Lipinski definition) is 3. The van der Waals surface area contributed by atoms with Crippen molar-refractivity contribution in [2.24, 2.45) is 0 Å². The molecule has 3 nitrogen and oxygen atoms in total. The number of halogens is 1. The second-order valence-corrected chi connectivity index (χ2v) is 5.45. The smallest absolute Gasteiger partial charge is 0.118 e. The third-order valence-corrected chi connectivity index (χ3v) is 4.02. The van der Waals surface area contributed by atoms with Gasteiger partial charge in [0.25, 0.3) is 0 Å². The van der Waals surface area contributed by atoms with Gasteiger partial charge in [0.05, 0.1) is 18.8 Å². The molecule has 0 spiro atoms. The number of benzene rings is 1. The summed E-state index contributed by atoms with van der Waals surface area (Å²) in [5, 5.41) is 3.33. The van der Waals surface area contributed by atoms with Gasteiger partial charge in [-0.15, -0.1) is 0 Å². The Labute approximate surface area is 128 Å². The maximum Gasteiger partial charge on any atom is 0.118 e. The van der Waals surface area contributed by atoms with Crippen LogP contribution in [-0.4, -0.2) is 19.1 Å². The van der Waals surface area contributed by atoms with E-state index in [1.54, 1.807) is 7.11 Å². The van der Waals surface area contributed by atoms with Crippen molar-refractivity contribution in [1.82, 2.24) is 10.3 Å². The van der Waals surface area contributed by atoms with Crippen molar-refractivity contribution >= 4 is 15.9 Å². The Balaban J connectivity index is 2.02. The molecule has 1 unspecified atom stereocenters. The van der Waals surface area contributed by atoms with Gasteiger partial charge in [-0.3, -0.25) is 4.98 Å². The van der Waals surface area contributed by atoms with Crippen molar-refractivity contribution in [2.75, 3.05) is 14.2 Å². The molecule has 1 atom stereocenters. The summed E-state index contributed by atoms with van der Waals surface area (Å²) in [5.41, 5.74) is 2.36. The molecule has 0 radical (unpaired) electrons. The van der Waals surface area contributed by atoms with Gasteiger partial charge in [0.1, 0.15) is 5.75 Å². The van der Waals surface area contributed by atoms with Crippen LogP contribution in [-0.2, 0) is 6.42 Å². The Morgan fingerprint density at radius 3 is 2.60 bits per heavy atom. The quantitative estimate of drug-likeness (QED) is 0.873. The largest absolute Gasteiger partial charge is 0.497 e. The standard InChI is InChI=1S/C16H19BrN2O/c1-18-15(16-14(17)4-3-11-19-16)10-7-12-5-8-13(20-2)9-6-12/h3-6,8-9,11,15,18H,7,10H2,1-2H3. The Hall–Kier alpha value is -1.39. The third kappa shape index (κ3) is 3.81. The highest BCUT2D eigenvalue weighted by Crippen LogP contribution is 2.24. The van der Waals surface area contributed by atoms with Crippen LogP contribution in [0.25, 0.3) is 0 Å². The van der Waals surface area contributed by atoms with Crippen molar-refractivity contribution in [2.45, 2.75) is 18.9 Å². The fourth-order valence-electron chi connectivity index (χ4n) is 2.18. The summed E-state index contributed by atoms with van der Waals surface area (Å²) in [7, 11) is 3.66. The molecule has 0 saturated carbocycles. The summed E-state index contributed by atoms with van der Waals surface area (Å²) in [6.07, 6.45) is 3.83. The molecule has 1 aromatic heterocycles. The maximum atomic E-state index is 5.17. The molecule has 0 bridgehead atoms. The van der Waals surface area contributed by atoms with Crippen LogP contribution < -0.4 is 10.1 Å².